The lowest BCUT2D eigenvalue weighted by molar-refractivity contribution is 0.714. The van der Waals surface area contributed by atoms with Crippen LogP contribution in [0.4, 0.5) is 17.1 Å². The van der Waals surface area contributed by atoms with Gasteiger partial charge in [-0.05, 0) is 131 Å². The fourth-order valence-corrected chi connectivity index (χ4v) is 11.6. The molecule has 0 bridgehead atoms. The first-order chi connectivity index (χ1) is 35.1. The van der Waals surface area contributed by atoms with Gasteiger partial charge in [0.2, 0.25) is 0 Å². The molecular weight excluding hydrogens is 855 g/mol. The van der Waals surface area contributed by atoms with E-state index < -0.39 is 0 Å². The lowest BCUT2D eigenvalue weighted by Gasteiger charge is -2.31. The minimum absolute atomic E-state index is 0.280. The quantitative estimate of drug-likeness (QED) is 0.139. The minimum atomic E-state index is -0.280. The SMILES string of the molecule is CC1(c2ccccc2)c2ccccc2-c2ccc(-c3ccc(N(c4ccccc4-c4cccc5cccc(-c6ccccc6)c45)c4ccccc4-c4cccc5cccc(-c6ccccc6)c45)cc3)cc21. The highest BCUT2D eigenvalue weighted by Crippen LogP contribution is 2.54. The van der Waals surface area contributed by atoms with Crippen molar-refractivity contribution in [2.24, 2.45) is 0 Å². The summed E-state index contributed by atoms with van der Waals surface area (Å²) in [6.45, 7) is 2.39. The highest BCUT2D eigenvalue weighted by molar-refractivity contribution is 6.11. The predicted octanol–water partition coefficient (Wildman–Crippen LogP) is 19.1. The summed E-state index contributed by atoms with van der Waals surface area (Å²) >= 11 is 0. The standard InChI is InChI=1S/C70H49N/c1-70(54-29-9-4-10-30-54)64-38-14-11-31-58(64)59-46-43-53(47-65(59)70)48-41-44-55(45-42-48)71(66-39-15-12-32-60(66)62-36-19-27-51-25-17-34-56(68(51)62)49-21-5-2-6-22-49)67-40-16-13-33-61(67)63-37-20-28-52-26-18-35-57(69(52)63)50-23-7-3-8-24-50/h2-47H,1H3. The Morgan fingerprint density at radius 2 is 0.676 bits per heavy atom. The van der Waals surface area contributed by atoms with Gasteiger partial charge in [0.05, 0.1) is 11.4 Å². The Hall–Kier alpha value is -9.04. The van der Waals surface area contributed by atoms with E-state index in [1.165, 1.54) is 93.9 Å². The fourth-order valence-electron chi connectivity index (χ4n) is 11.6. The molecule has 71 heavy (non-hydrogen) atoms. The van der Waals surface area contributed by atoms with E-state index in [9.17, 15) is 0 Å². The first-order valence-corrected chi connectivity index (χ1v) is 24.7. The van der Waals surface area contributed by atoms with Gasteiger partial charge in [-0.1, -0.05) is 249 Å². The van der Waals surface area contributed by atoms with Crippen LogP contribution in [0, 0.1) is 0 Å². The molecule has 1 aliphatic rings. The van der Waals surface area contributed by atoms with Crippen LogP contribution in [0.1, 0.15) is 23.6 Å². The first-order valence-electron chi connectivity index (χ1n) is 24.7. The van der Waals surface area contributed by atoms with Crippen molar-refractivity contribution in [2.75, 3.05) is 4.90 Å². The van der Waals surface area contributed by atoms with Crippen LogP contribution in [-0.2, 0) is 5.41 Å². The molecule has 0 fully saturated rings. The molecule has 0 aromatic heterocycles. The number of hydrogen-bond acceptors (Lipinski definition) is 1. The van der Waals surface area contributed by atoms with Gasteiger partial charge >= 0.3 is 0 Å². The molecule has 334 valence electrons. The van der Waals surface area contributed by atoms with Gasteiger partial charge in [-0.3, -0.25) is 0 Å². The maximum Gasteiger partial charge on any atom is 0.0540 e. The van der Waals surface area contributed by atoms with Crippen molar-refractivity contribution in [2.45, 2.75) is 12.3 Å². The molecule has 1 atom stereocenters. The molecule has 0 N–H and O–H groups in total. The van der Waals surface area contributed by atoms with E-state index in [4.69, 9.17) is 0 Å². The average molecular weight is 904 g/mol. The van der Waals surface area contributed by atoms with E-state index in [2.05, 4.69) is 291 Å². The maximum absolute atomic E-state index is 2.49. The molecule has 1 heteroatoms. The van der Waals surface area contributed by atoms with Crippen LogP contribution >= 0.6 is 0 Å². The average Bonchev–Trinajstić information content (AvgIpc) is 3.71. The summed E-state index contributed by atoms with van der Waals surface area (Å²) in [6.07, 6.45) is 0. The van der Waals surface area contributed by atoms with E-state index in [1.807, 2.05) is 0 Å². The van der Waals surface area contributed by atoms with Gasteiger partial charge in [-0.25, -0.2) is 0 Å². The third-order valence-electron chi connectivity index (χ3n) is 15.0. The van der Waals surface area contributed by atoms with Crippen LogP contribution in [-0.4, -0.2) is 0 Å². The normalized spacial score (nSPS) is 13.8. The second-order valence-corrected chi connectivity index (χ2v) is 18.9. The summed E-state index contributed by atoms with van der Waals surface area (Å²) in [7, 11) is 0. The summed E-state index contributed by atoms with van der Waals surface area (Å²) in [5.74, 6) is 0. The zero-order chi connectivity index (χ0) is 47.3. The van der Waals surface area contributed by atoms with Gasteiger partial charge in [-0.2, -0.15) is 0 Å². The van der Waals surface area contributed by atoms with Crippen molar-refractivity contribution >= 4 is 38.6 Å². The highest BCUT2D eigenvalue weighted by atomic mass is 15.1. The Labute approximate surface area is 416 Å². The maximum atomic E-state index is 2.49. The monoisotopic (exact) mass is 903 g/mol. The van der Waals surface area contributed by atoms with E-state index >= 15 is 0 Å². The Balaban J connectivity index is 1.02. The molecule has 0 aliphatic heterocycles. The number of anilines is 3. The largest absolute Gasteiger partial charge is 0.309 e. The highest BCUT2D eigenvalue weighted by Gasteiger charge is 2.40. The van der Waals surface area contributed by atoms with Gasteiger partial charge in [0, 0.05) is 22.2 Å². The van der Waals surface area contributed by atoms with Crippen molar-refractivity contribution in [3.05, 3.63) is 296 Å². The number of para-hydroxylation sites is 2. The summed E-state index contributed by atoms with van der Waals surface area (Å²) in [5, 5.41) is 4.89. The van der Waals surface area contributed by atoms with E-state index in [0.29, 0.717) is 0 Å². The smallest absolute Gasteiger partial charge is 0.0540 e. The lowest BCUT2D eigenvalue weighted by atomic mass is 9.74. The zero-order valence-corrected chi connectivity index (χ0v) is 39.5. The third-order valence-corrected chi connectivity index (χ3v) is 15.0. The zero-order valence-electron chi connectivity index (χ0n) is 39.5. The van der Waals surface area contributed by atoms with Crippen LogP contribution < -0.4 is 4.90 Å². The second-order valence-electron chi connectivity index (χ2n) is 18.9. The fraction of sp³-hybridized carbons (Fsp3) is 0.0286. The van der Waals surface area contributed by atoms with Gasteiger partial charge in [0.15, 0.2) is 0 Å². The van der Waals surface area contributed by atoms with Crippen molar-refractivity contribution in [1.82, 2.24) is 0 Å². The molecule has 0 amide bonds. The molecule has 0 heterocycles. The molecule has 1 aliphatic carbocycles. The number of hydrogen-bond donors (Lipinski definition) is 0. The van der Waals surface area contributed by atoms with Crippen LogP contribution in [0.2, 0.25) is 0 Å². The predicted molar refractivity (Wildman–Crippen MR) is 301 cm³/mol. The molecule has 0 radical (unpaired) electrons. The van der Waals surface area contributed by atoms with Crippen LogP contribution in [0.25, 0.3) is 88.3 Å². The summed E-state index contributed by atoms with van der Waals surface area (Å²) in [6, 6.07) is 103. The Morgan fingerprint density at radius 1 is 0.268 bits per heavy atom. The molecule has 12 aromatic rings. The molecule has 1 nitrogen and oxygen atoms in total. The van der Waals surface area contributed by atoms with Crippen LogP contribution in [0.5, 0.6) is 0 Å². The van der Waals surface area contributed by atoms with Crippen molar-refractivity contribution < 1.29 is 0 Å². The number of nitrogens with zero attached hydrogens (tertiary/aromatic N) is 1. The Morgan fingerprint density at radius 3 is 1.21 bits per heavy atom. The molecule has 0 spiro atoms. The van der Waals surface area contributed by atoms with Crippen molar-refractivity contribution in [1.29, 1.82) is 0 Å². The molecule has 0 saturated carbocycles. The Bertz CT molecular complexity index is 3750. The van der Waals surface area contributed by atoms with Gasteiger partial charge in [0.1, 0.15) is 0 Å². The molecule has 1 unspecified atom stereocenters. The molecule has 0 saturated heterocycles. The number of rotatable bonds is 9. The van der Waals surface area contributed by atoms with Crippen molar-refractivity contribution in [3.8, 4) is 66.8 Å². The minimum Gasteiger partial charge on any atom is -0.309 e. The molecule has 12 aromatic carbocycles. The van der Waals surface area contributed by atoms with Crippen LogP contribution in [0.15, 0.2) is 279 Å². The van der Waals surface area contributed by atoms with Gasteiger partial charge in [-0.15, -0.1) is 0 Å². The second kappa shape index (κ2) is 17.5. The van der Waals surface area contributed by atoms with Crippen molar-refractivity contribution in [3.63, 3.8) is 0 Å². The topological polar surface area (TPSA) is 3.24 Å². The molecular formula is C70H49N. The number of fused-ring (bicyclic) bond motifs is 5. The first kappa shape index (κ1) is 42.1. The Kier molecular flexibility index (Phi) is 10.4. The lowest BCUT2D eigenvalue weighted by Crippen LogP contribution is -2.22. The third kappa shape index (κ3) is 7.08. The van der Waals surface area contributed by atoms with E-state index in [0.717, 1.165) is 28.2 Å². The summed E-state index contributed by atoms with van der Waals surface area (Å²) in [4.78, 5) is 2.49. The van der Waals surface area contributed by atoms with Crippen LogP contribution in [0.3, 0.4) is 0 Å². The number of benzene rings is 12. The van der Waals surface area contributed by atoms with Gasteiger partial charge in [0.25, 0.3) is 0 Å². The molecule has 13 rings (SSSR count). The summed E-state index contributed by atoms with van der Waals surface area (Å²) < 4.78 is 0. The summed E-state index contributed by atoms with van der Waals surface area (Å²) in [5.41, 5.74) is 21.5. The van der Waals surface area contributed by atoms with E-state index in [-0.39, 0.29) is 5.41 Å². The van der Waals surface area contributed by atoms with E-state index in [1.54, 1.807) is 0 Å². The van der Waals surface area contributed by atoms with Gasteiger partial charge < -0.3 is 4.90 Å².